The molecule has 3 rings (SSSR count). The second kappa shape index (κ2) is 8.41. The van der Waals surface area contributed by atoms with Crippen LogP contribution < -0.4 is 19.5 Å². The average Bonchev–Trinajstić information content (AvgIpc) is 3.50. The molecular formula is C19H22N2O5S. The summed E-state index contributed by atoms with van der Waals surface area (Å²) in [5.74, 6) is 1.17. The van der Waals surface area contributed by atoms with Crippen molar-refractivity contribution in [3.05, 3.63) is 54.1 Å². The lowest BCUT2D eigenvalue weighted by Gasteiger charge is -2.10. The monoisotopic (exact) mass is 390 g/mol. The van der Waals surface area contributed by atoms with Gasteiger partial charge in [-0.25, -0.2) is 13.1 Å². The number of sulfonamides is 1. The number of amides is 1. The molecule has 0 saturated heterocycles. The van der Waals surface area contributed by atoms with Gasteiger partial charge >= 0.3 is 0 Å². The first-order valence-electron chi connectivity index (χ1n) is 8.65. The zero-order chi connectivity index (χ0) is 19.3. The van der Waals surface area contributed by atoms with Crippen molar-refractivity contribution in [3.63, 3.8) is 0 Å². The molecule has 0 aromatic heterocycles. The molecule has 0 atom stereocenters. The van der Waals surface area contributed by atoms with Crippen LogP contribution in [0.15, 0.2) is 53.4 Å². The quantitative estimate of drug-likeness (QED) is 0.638. The van der Waals surface area contributed by atoms with E-state index in [0.29, 0.717) is 11.3 Å². The van der Waals surface area contributed by atoms with Crippen LogP contribution in [0.5, 0.6) is 11.5 Å². The summed E-state index contributed by atoms with van der Waals surface area (Å²) in [4.78, 5) is 12.0. The number of hydrogen-bond acceptors (Lipinski definition) is 5. The van der Waals surface area contributed by atoms with Crippen LogP contribution in [0.3, 0.4) is 0 Å². The maximum absolute atomic E-state index is 12.3. The van der Waals surface area contributed by atoms with E-state index < -0.39 is 10.0 Å². The van der Waals surface area contributed by atoms with Crippen LogP contribution in [-0.2, 0) is 10.0 Å². The van der Waals surface area contributed by atoms with Crippen LogP contribution >= 0.6 is 0 Å². The Morgan fingerprint density at radius 1 is 1.04 bits per heavy atom. The molecule has 144 valence electrons. The van der Waals surface area contributed by atoms with Crippen molar-refractivity contribution in [2.24, 2.45) is 0 Å². The highest BCUT2D eigenvalue weighted by Crippen LogP contribution is 2.20. The molecule has 1 aliphatic carbocycles. The Labute approximate surface area is 158 Å². The fourth-order valence-corrected chi connectivity index (χ4v) is 3.40. The largest absolute Gasteiger partial charge is 0.497 e. The van der Waals surface area contributed by atoms with E-state index in [9.17, 15) is 13.2 Å². The van der Waals surface area contributed by atoms with Crippen LogP contribution in [0, 0.1) is 0 Å². The number of nitrogens with one attached hydrogen (secondary N) is 2. The van der Waals surface area contributed by atoms with Crippen LogP contribution in [0.25, 0.3) is 0 Å². The van der Waals surface area contributed by atoms with Gasteiger partial charge in [0.05, 0.1) is 12.0 Å². The molecule has 1 fully saturated rings. The summed E-state index contributed by atoms with van der Waals surface area (Å²) in [6, 6.07) is 13.2. The van der Waals surface area contributed by atoms with Gasteiger partial charge in [0.15, 0.2) is 0 Å². The molecule has 8 heteroatoms. The van der Waals surface area contributed by atoms with Gasteiger partial charge in [-0.3, -0.25) is 4.79 Å². The van der Waals surface area contributed by atoms with Gasteiger partial charge in [0.2, 0.25) is 10.0 Å². The van der Waals surface area contributed by atoms with Crippen LogP contribution in [0.1, 0.15) is 23.2 Å². The second-order valence-electron chi connectivity index (χ2n) is 6.19. The predicted octanol–water partition coefficient (Wildman–Crippen LogP) is 1.94. The van der Waals surface area contributed by atoms with Crippen molar-refractivity contribution in [1.29, 1.82) is 0 Å². The Morgan fingerprint density at radius 2 is 1.67 bits per heavy atom. The van der Waals surface area contributed by atoms with Gasteiger partial charge < -0.3 is 14.8 Å². The Balaban J connectivity index is 1.49. The molecule has 27 heavy (non-hydrogen) atoms. The van der Waals surface area contributed by atoms with Crippen molar-refractivity contribution >= 4 is 15.9 Å². The van der Waals surface area contributed by atoms with Gasteiger partial charge in [-0.05, 0) is 61.4 Å². The molecule has 1 aliphatic rings. The molecule has 0 bridgehead atoms. The van der Waals surface area contributed by atoms with Crippen LogP contribution in [-0.4, -0.2) is 40.6 Å². The van der Waals surface area contributed by atoms with Crippen LogP contribution in [0.2, 0.25) is 0 Å². The van der Waals surface area contributed by atoms with Gasteiger partial charge in [-0.15, -0.1) is 0 Å². The number of rotatable bonds is 9. The number of carbonyl (C=O) groups excluding carboxylic acids is 1. The number of benzene rings is 2. The molecule has 1 saturated carbocycles. The van der Waals surface area contributed by atoms with E-state index >= 15 is 0 Å². The fraction of sp³-hybridized carbons (Fsp3) is 0.316. The van der Waals surface area contributed by atoms with E-state index in [1.165, 1.54) is 24.3 Å². The smallest absolute Gasteiger partial charge is 0.251 e. The molecule has 2 N–H and O–H groups in total. The molecule has 2 aromatic carbocycles. The molecule has 1 amide bonds. The SMILES string of the molecule is COc1ccc(OCCNS(=O)(=O)c2ccc(C(=O)NC3CC3)cc2)cc1. The highest BCUT2D eigenvalue weighted by molar-refractivity contribution is 7.89. The topological polar surface area (TPSA) is 93.7 Å². The van der Waals surface area contributed by atoms with E-state index in [0.717, 1.165) is 18.6 Å². The summed E-state index contributed by atoms with van der Waals surface area (Å²) in [7, 11) is -2.08. The predicted molar refractivity (Wildman–Crippen MR) is 101 cm³/mol. The molecule has 2 aromatic rings. The number of hydrogen-bond donors (Lipinski definition) is 2. The van der Waals surface area contributed by atoms with Crippen molar-refractivity contribution in [3.8, 4) is 11.5 Å². The maximum atomic E-state index is 12.3. The summed E-state index contributed by atoms with van der Waals surface area (Å²) in [5, 5.41) is 2.86. The van der Waals surface area contributed by atoms with Gasteiger partial charge in [-0.1, -0.05) is 0 Å². The van der Waals surface area contributed by atoms with Gasteiger partial charge in [0.25, 0.3) is 5.91 Å². The highest BCUT2D eigenvalue weighted by atomic mass is 32.2. The maximum Gasteiger partial charge on any atom is 0.251 e. The third-order valence-corrected chi connectivity index (χ3v) is 5.54. The zero-order valence-corrected chi connectivity index (χ0v) is 15.8. The summed E-state index contributed by atoms with van der Waals surface area (Å²) in [6.07, 6.45) is 2.00. The van der Waals surface area contributed by atoms with E-state index in [4.69, 9.17) is 9.47 Å². The summed E-state index contributed by atoms with van der Waals surface area (Å²) >= 11 is 0. The Bertz CT molecular complexity index is 875. The lowest BCUT2D eigenvalue weighted by atomic mass is 10.2. The zero-order valence-electron chi connectivity index (χ0n) is 15.0. The van der Waals surface area contributed by atoms with E-state index in [-0.39, 0.29) is 30.0 Å². The van der Waals surface area contributed by atoms with Gasteiger partial charge in [-0.2, -0.15) is 0 Å². The van der Waals surface area contributed by atoms with E-state index in [1.54, 1.807) is 31.4 Å². The fourth-order valence-electron chi connectivity index (χ4n) is 2.38. The normalized spacial score (nSPS) is 13.8. The molecule has 0 unspecified atom stereocenters. The van der Waals surface area contributed by atoms with Crippen LogP contribution in [0.4, 0.5) is 0 Å². The molecule has 0 spiro atoms. The highest BCUT2D eigenvalue weighted by Gasteiger charge is 2.24. The van der Waals surface area contributed by atoms with Gasteiger partial charge in [0, 0.05) is 18.2 Å². The lowest BCUT2D eigenvalue weighted by molar-refractivity contribution is 0.0951. The third kappa shape index (κ3) is 5.45. The van der Waals surface area contributed by atoms with Crippen molar-refractivity contribution in [2.45, 2.75) is 23.8 Å². The lowest BCUT2D eigenvalue weighted by Crippen LogP contribution is -2.28. The summed E-state index contributed by atoms with van der Waals surface area (Å²) in [5.41, 5.74) is 0.448. The minimum absolute atomic E-state index is 0.106. The minimum atomic E-state index is -3.66. The molecule has 0 aliphatic heterocycles. The third-order valence-electron chi connectivity index (χ3n) is 4.06. The molecule has 0 heterocycles. The molecular weight excluding hydrogens is 368 g/mol. The molecule has 7 nitrogen and oxygen atoms in total. The number of carbonyl (C=O) groups is 1. The average molecular weight is 390 g/mol. The Morgan fingerprint density at radius 3 is 2.26 bits per heavy atom. The Hall–Kier alpha value is -2.58. The van der Waals surface area contributed by atoms with Crippen molar-refractivity contribution in [2.75, 3.05) is 20.3 Å². The van der Waals surface area contributed by atoms with Crippen molar-refractivity contribution in [1.82, 2.24) is 10.0 Å². The summed E-state index contributed by atoms with van der Waals surface area (Å²) < 4.78 is 37.7. The number of methoxy groups -OCH3 is 1. The standard InChI is InChI=1S/C19H22N2O5S/c1-25-16-6-8-17(9-7-16)26-13-12-20-27(23,24)18-10-2-14(3-11-18)19(22)21-15-4-5-15/h2-3,6-11,15,20H,4-5,12-13H2,1H3,(H,21,22). The van der Waals surface area contributed by atoms with E-state index in [2.05, 4.69) is 10.0 Å². The first kappa shape index (κ1) is 19.2. The Kier molecular flexibility index (Phi) is 5.98. The first-order valence-corrected chi connectivity index (χ1v) is 10.1. The van der Waals surface area contributed by atoms with Crippen molar-refractivity contribution < 1.29 is 22.7 Å². The second-order valence-corrected chi connectivity index (χ2v) is 7.96. The summed E-state index contributed by atoms with van der Waals surface area (Å²) in [6.45, 7) is 0.311. The number of ether oxygens (including phenoxy) is 2. The molecule has 0 radical (unpaired) electrons. The first-order chi connectivity index (χ1) is 13.0. The minimum Gasteiger partial charge on any atom is -0.497 e. The van der Waals surface area contributed by atoms with Gasteiger partial charge in [0.1, 0.15) is 18.1 Å². The van der Waals surface area contributed by atoms with E-state index in [1.807, 2.05) is 0 Å².